The Labute approximate surface area is 107 Å². The molecule has 1 atom stereocenters. The summed E-state index contributed by atoms with van der Waals surface area (Å²) in [7, 11) is 0. The second kappa shape index (κ2) is 3.95. The van der Waals surface area contributed by atoms with Crippen molar-refractivity contribution in [2.24, 2.45) is 0 Å². The van der Waals surface area contributed by atoms with Crippen LogP contribution in [0.2, 0.25) is 0 Å². The molecule has 94 valence electrons. The maximum Gasteiger partial charge on any atom is 0.147 e. The Bertz CT molecular complexity index is 574. The molecule has 2 N–H and O–H groups in total. The van der Waals surface area contributed by atoms with Gasteiger partial charge in [-0.1, -0.05) is 12.1 Å². The minimum atomic E-state index is -0.949. The first-order chi connectivity index (χ1) is 8.63. The van der Waals surface area contributed by atoms with Crippen molar-refractivity contribution in [3.63, 3.8) is 0 Å². The molecule has 0 amide bonds. The molecule has 2 aromatic rings. The molecule has 1 aliphatic carbocycles. The molecule has 3 nitrogen and oxygen atoms in total. The van der Waals surface area contributed by atoms with Crippen LogP contribution in [0.1, 0.15) is 40.9 Å². The fourth-order valence-corrected chi connectivity index (χ4v) is 2.98. The largest absolute Gasteiger partial charge is 0.377 e. The second-order valence-electron chi connectivity index (χ2n) is 5.19. The number of fused-ring (bicyclic) bond motifs is 1. The molecule has 1 heterocycles. The van der Waals surface area contributed by atoms with E-state index in [0.717, 1.165) is 24.8 Å². The molecule has 18 heavy (non-hydrogen) atoms. The van der Waals surface area contributed by atoms with Crippen LogP contribution in [0.4, 0.5) is 0 Å². The van der Waals surface area contributed by atoms with Crippen molar-refractivity contribution in [2.75, 3.05) is 0 Å². The van der Waals surface area contributed by atoms with Gasteiger partial charge >= 0.3 is 0 Å². The Morgan fingerprint density at radius 3 is 2.89 bits per heavy atom. The molecule has 0 bridgehead atoms. The lowest BCUT2D eigenvalue weighted by Gasteiger charge is -2.34. The average Bonchev–Trinajstić information content (AvgIpc) is 2.89. The zero-order valence-corrected chi connectivity index (χ0v) is 10.8. The third-order valence-electron chi connectivity index (χ3n) is 4.17. The van der Waals surface area contributed by atoms with Crippen LogP contribution < -0.4 is 0 Å². The monoisotopic (exact) mass is 242 g/mol. The Kier molecular flexibility index (Phi) is 2.52. The molecule has 3 rings (SSSR count). The number of aromatic nitrogens is 2. The van der Waals surface area contributed by atoms with Gasteiger partial charge < -0.3 is 10.1 Å². The van der Waals surface area contributed by atoms with Crippen LogP contribution in [0.25, 0.3) is 0 Å². The molecular weight excluding hydrogens is 224 g/mol. The predicted octanol–water partition coefficient (Wildman–Crippen LogP) is 2.60. The first-order valence-corrected chi connectivity index (χ1v) is 6.45. The number of benzene rings is 1. The highest BCUT2D eigenvalue weighted by molar-refractivity contribution is 5.46. The third kappa shape index (κ3) is 1.51. The summed E-state index contributed by atoms with van der Waals surface area (Å²) in [6.45, 7) is 4.26. The topological polar surface area (TPSA) is 48.9 Å². The van der Waals surface area contributed by atoms with Gasteiger partial charge in [-0.05, 0) is 55.4 Å². The highest BCUT2D eigenvalue weighted by Gasteiger charge is 2.38. The number of hydrogen-bond acceptors (Lipinski definition) is 2. The number of nitrogens with zero attached hydrogens (tertiary/aromatic N) is 1. The zero-order chi connectivity index (χ0) is 12.8. The Morgan fingerprint density at radius 2 is 2.17 bits per heavy atom. The van der Waals surface area contributed by atoms with Crippen LogP contribution >= 0.6 is 0 Å². The summed E-state index contributed by atoms with van der Waals surface area (Å²) >= 11 is 0. The van der Waals surface area contributed by atoms with Crippen LogP contribution in [0.3, 0.4) is 0 Å². The van der Waals surface area contributed by atoms with Gasteiger partial charge in [0, 0.05) is 12.4 Å². The van der Waals surface area contributed by atoms with Crippen molar-refractivity contribution in [2.45, 2.75) is 38.7 Å². The molecule has 1 aliphatic rings. The van der Waals surface area contributed by atoms with E-state index in [1.807, 2.05) is 0 Å². The smallest absolute Gasteiger partial charge is 0.147 e. The molecule has 0 aliphatic heterocycles. The van der Waals surface area contributed by atoms with E-state index >= 15 is 0 Å². The number of hydrogen-bond donors (Lipinski definition) is 2. The quantitative estimate of drug-likeness (QED) is 0.807. The Balaban J connectivity index is 2.21. The molecule has 1 unspecified atom stereocenters. The number of aliphatic hydroxyl groups is 1. The number of H-pyrrole nitrogens is 1. The van der Waals surface area contributed by atoms with Gasteiger partial charge in [0.1, 0.15) is 11.4 Å². The predicted molar refractivity (Wildman–Crippen MR) is 70.4 cm³/mol. The molecule has 0 radical (unpaired) electrons. The van der Waals surface area contributed by atoms with Crippen molar-refractivity contribution < 1.29 is 5.11 Å². The highest BCUT2D eigenvalue weighted by atomic mass is 16.3. The van der Waals surface area contributed by atoms with Gasteiger partial charge in [-0.3, -0.25) is 0 Å². The number of nitrogens with one attached hydrogen (secondary N) is 1. The summed E-state index contributed by atoms with van der Waals surface area (Å²) in [5, 5.41) is 11.0. The summed E-state index contributed by atoms with van der Waals surface area (Å²) in [6, 6.07) is 4.15. The van der Waals surface area contributed by atoms with E-state index in [1.54, 1.807) is 12.4 Å². The van der Waals surface area contributed by atoms with Gasteiger partial charge in [-0.25, -0.2) is 4.98 Å². The summed E-state index contributed by atoms with van der Waals surface area (Å²) in [5.41, 5.74) is 3.96. The van der Waals surface area contributed by atoms with Gasteiger partial charge in [0.15, 0.2) is 0 Å². The van der Waals surface area contributed by atoms with Gasteiger partial charge in [0.25, 0.3) is 0 Å². The number of imidazole rings is 1. The number of aromatic amines is 1. The minimum absolute atomic E-state index is 0.659. The first-order valence-electron chi connectivity index (χ1n) is 6.45. The Morgan fingerprint density at radius 1 is 1.33 bits per heavy atom. The van der Waals surface area contributed by atoms with Crippen LogP contribution in [0.5, 0.6) is 0 Å². The summed E-state index contributed by atoms with van der Waals surface area (Å²) in [6.07, 6.45) is 6.24. The summed E-state index contributed by atoms with van der Waals surface area (Å²) in [4.78, 5) is 7.32. The van der Waals surface area contributed by atoms with E-state index in [2.05, 4.69) is 35.9 Å². The van der Waals surface area contributed by atoms with Crippen LogP contribution in [0, 0.1) is 13.8 Å². The molecule has 1 aromatic heterocycles. The lowest BCUT2D eigenvalue weighted by Crippen LogP contribution is -2.33. The van der Waals surface area contributed by atoms with E-state index in [4.69, 9.17) is 0 Å². The van der Waals surface area contributed by atoms with Crippen LogP contribution in [-0.2, 0) is 12.0 Å². The average molecular weight is 242 g/mol. The lowest BCUT2D eigenvalue weighted by atomic mass is 9.76. The van der Waals surface area contributed by atoms with Crippen molar-refractivity contribution in [1.29, 1.82) is 0 Å². The fraction of sp³-hybridized carbons (Fsp3) is 0.400. The van der Waals surface area contributed by atoms with Gasteiger partial charge in [-0.15, -0.1) is 0 Å². The first kappa shape index (κ1) is 11.5. The molecule has 0 saturated heterocycles. The van der Waals surface area contributed by atoms with Crippen molar-refractivity contribution in [3.05, 3.63) is 52.6 Å². The summed E-state index contributed by atoms with van der Waals surface area (Å²) < 4.78 is 0. The molecule has 3 heteroatoms. The summed E-state index contributed by atoms with van der Waals surface area (Å²) in [5.74, 6) is 0.659. The van der Waals surface area contributed by atoms with E-state index in [1.165, 1.54) is 16.7 Å². The number of aryl methyl sites for hydroxylation is 1. The van der Waals surface area contributed by atoms with Crippen LogP contribution in [-0.4, -0.2) is 15.1 Å². The molecule has 0 fully saturated rings. The van der Waals surface area contributed by atoms with Crippen LogP contribution in [0.15, 0.2) is 24.5 Å². The zero-order valence-electron chi connectivity index (χ0n) is 10.8. The number of rotatable bonds is 1. The van der Waals surface area contributed by atoms with E-state index in [-0.39, 0.29) is 0 Å². The van der Waals surface area contributed by atoms with Crippen molar-refractivity contribution in [1.82, 2.24) is 9.97 Å². The van der Waals surface area contributed by atoms with Gasteiger partial charge in [-0.2, -0.15) is 0 Å². The highest BCUT2D eigenvalue weighted by Crippen LogP contribution is 2.40. The maximum atomic E-state index is 11.0. The molecular formula is C15H18N2O. The standard InChI is InChI=1S/C15H18N2O/c1-10-5-6-13-12(11(10)2)4-3-7-15(13,18)14-16-8-9-17-14/h5-6,8-9,18H,3-4,7H2,1-2H3,(H,16,17). The van der Waals surface area contributed by atoms with E-state index in [9.17, 15) is 5.11 Å². The molecule has 0 saturated carbocycles. The molecule has 0 spiro atoms. The Hall–Kier alpha value is -1.61. The maximum absolute atomic E-state index is 11.0. The fourth-order valence-electron chi connectivity index (χ4n) is 2.98. The van der Waals surface area contributed by atoms with E-state index < -0.39 is 5.60 Å². The second-order valence-corrected chi connectivity index (χ2v) is 5.19. The van der Waals surface area contributed by atoms with Crippen molar-refractivity contribution >= 4 is 0 Å². The van der Waals surface area contributed by atoms with Gasteiger partial charge in [0.2, 0.25) is 0 Å². The van der Waals surface area contributed by atoms with E-state index in [0.29, 0.717) is 5.82 Å². The lowest BCUT2D eigenvalue weighted by molar-refractivity contribution is 0.0531. The van der Waals surface area contributed by atoms with Gasteiger partial charge in [0.05, 0.1) is 0 Å². The third-order valence-corrected chi connectivity index (χ3v) is 4.17. The normalized spacial score (nSPS) is 22.8. The minimum Gasteiger partial charge on any atom is -0.377 e. The van der Waals surface area contributed by atoms with Crippen molar-refractivity contribution in [3.8, 4) is 0 Å². The molecule has 1 aromatic carbocycles. The SMILES string of the molecule is Cc1ccc2c(c1C)CCCC2(O)c1ncc[nH]1.